The van der Waals surface area contributed by atoms with Gasteiger partial charge in [0, 0.05) is 15.7 Å². The predicted molar refractivity (Wildman–Crippen MR) is 84.3 cm³/mol. The van der Waals surface area contributed by atoms with Crippen LogP contribution in [0.5, 0.6) is 11.5 Å². The zero-order valence-electron chi connectivity index (χ0n) is 11.5. The molecule has 0 atom stereocenters. The molecule has 0 saturated heterocycles. The number of halogens is 1. The Balaban J connectivity index is 1.80. The van der Waals surface area contributed by atoms with Crippen molar-refractivity contribution < 1.29 is 14.3 Å². The van der Waals surface area contributed by atoms with E-state index in [1.807, 2.05) is 25.1 Å². The fourth-order valence-corrected chi connectivity index (χ4v) is 2.36. The third-order valence-corrected chi connectivity index (χ3v) is 4.11. The van der Waals surface area contributed by atoms with Crippen LogP contribution in [0.2, 0.25) is 0 Å². The Morgan fingerprint density at radius 3 is 2.62 bits per heavy atom. The Kier molecular flexibility index (Phi) is 3.84. The van der Waals surface area contributed by atoms with E-state index in [0.29, 0.717) is 30.3 Å². The quantitative estimate of drug-likeness (QED) is 0.899. The number of carbonyl (C=O) groups is 1. The molecule has 3 rings (SSSR count). The summed E-state index contributed by atoms with van der Waals surface area (Å²) in [4.78, 5) is 12.3. The molecule has 5 heteroatoms. The molecule has 0 aromatic heterocycles. The molecule has 0 bridgehead atoms. The lowest BCUT2D eigenvalue weighted by atomic mass is 10.1. The summed E-state index contributed by atoms with van der Waals surface area (Å²) in [6.45, 7) is 3.02. The summed E-state index contributed by atoms with van der Waals surface area (Å²) in [7, 11) is 0. The second-order valence-electron chi connectivity index (χ2n) is 4.78. The van der Waals surface area contributed by atoms with E-state index < -0.39 is 0 Å². The Bertz CT molecular complexity index is 700. The molecule has 1 aliphatic heterocycles. The zero-order chi connectivity index (χ0) is 14.8. The van der Waals surface area contributed by atoms with Gasteiger partial charge in [0.2, 0.25) is 0 Å². The molecule has 0 fully saturated rings. The van der Waals surface area contributed by atoms with Gasteiger partial charge < -0.3 is 14.8 Å². The lowest BCUT2D eigenvalue weighted by Gasteiger charge is -2.18. The van der Waals surface area contributed by atoms with Crippen LogP contribution in [0.15, 0.2) is 40.9 Å². The number of benzene rings is 2. The van der Waals surface area contributed by atoms with Crippen molar-refractivity contribution in [2.24, 2.45) is 0 Å². The lowest BCUT2D eigenvalue weighted by Crippen LogP contribution is -2.17. The predicted octanol–water partition coefficient (Wildman–Crippen LogP) is 3.78. The van der Waals surface area contributed by atoms with Gasteiger partial charge in [-0.3, -0.25) is 4.79 Å². The van der Waals surface area contributed by atoms with Crippen LogP contribution in [0.3, 0.4) is 0 Å². The molecule has 0 aliphatic carbocycles. The van der Waals surface area contributed by atoms with Gasteiger partial charge in [-0.15, -0.1) is 0 Å². The average Bonchev–Trinajstić information content (AvgIpc) is 2.50. The second-order valence-corrected chi connectivity index (χ2v) is 5.63. The van der Waals surface area contributed by atoms with E-state index in [-0.39, 0.29) is 5.91 Å². The molecular formula is C16H14BrNO3. The van der Waals surface area contributed by atoms with Gasteiger partial charge in [0.15, 0.2) is 11.5 Å². The summed E-state index contributed by atoms with van der Waals surface area (Å²) in [5.41, 5.74) is 2.37. The Hall–Kier alpha value is -2.01. The molecule has 0 saturated carbocycles. The topological polar surface area (TPSA) is 47.6 Å². The third-order valence-electron chi connectivity index (χ3n) is 3.22. The highest BCUT2D eigenvalue weighted by Crippen LogP contribution is 2.31. The minimum absolute atomic E-state index is 0.173. The van der Waals surface area contributed by atoms with Gasteiger partial charge in [0.05, 0.1) is 0 Å². The van der Waals surface area contributed by atoms with Crippen molar-refractivity contribution in [3.8, 4) is 11.5 Å². The van der Waals surface area contributed by atoms with Crippen LogP contribution in [0, 0.1) is 6.92 Å². The molecule has 21 heavy (non-hydrogen) atoms. The van der Waals surface area contributed by atoms with Gasteiger partial charge in [-0.25, -0.2) is 0 Å². The normalized spacial score (nSPS) is 12.9. The number of anilines is 1. The average molecular weight is 348 g/mol. The molecule has 2 aromatic carbocycles. The maximum absolute atomic E-state index is 12.3. The Morgan fingerprint density at radius 2 is 1.86 bits per heavy atom. The number of amides is 1. The minimum Gasteiger partial charge on any atom is -0.486 e. The Morgan fingerprint density at radius 1 is 1.10 bits per heavy atom. The van der Waals surface area contributed by atoms with Crippen LogP contribution < -0.4 is 14.8 Å². The minimum atomic E-state index is -0.173. The number of ether oxygens (including phenoxy) is 2. The van der Waals surface area contributed by atoms with Crippen molar-refractivity contribution in [2.45, 2.75) is 6.92 Å². The van der Waals surface area contributed by atoms with Crippen LogP contribution in [0.1, 0.15) is 15.9 Å². The van der Waals surface area contributed by atoms with Crippen molar-refractivity contribution >= 4 is 27.5 Å². The summed E-state index contributed by atoms with van der Waals surface area (Å²) in [6, 6.07) is 10.9. The monoisotopic (exact) mass is 347 g/mol. The van der Waals surface area contributed by atoms with Crippen molar-refractivity contribution in [1.82, 2.24) is 0 Å². The van der Waals surface area contributed by atoms with Gasteiger partial charge in [-0.1, -0.05) is 15.9 Å². The fraction of sp³-hybridized carbons (Fsp3) is 0.188. The molecule has 1 heterocycles. The van der Waals surface area contributed by atoms with E-state index in [9.17, 15) is 4.79 Å². The highest BCUT2D eigenvalue weighted by molar-refractivity contribution is 9.10. The van der Waals surface area contributed by atoms with Crippen molar-refractivity contribution in [3.63, 3.8) is 0 Å². The van der Waals surface area contributed by atoms with E-state index in [2.05, 4.69) is 21.2 Å². The summed E-state index contributed by atoms with van der Waals surface area (Å²) in [5.74, 6) is 1.12. The third kappa shape index (κ3) is 3.03. The highest BCUT2D eigenvalue weighted by atomic mass is 79.9. The summed E-state index contributed by atoms with van der Waals surface area (Å²) in [5, 5.41) is 2.88. The maximum atomic E-state index is 12.3. The maximum Gasteiger partial charge on any atom is 0.255 e. The number of rotatable bonds is 2. The van der Waals surface area contributed by atoms with Crippen LogP contribution in [0.4, 0.5) is 5.69 Å². The molecule has 2 aromatic rings. The number of carbonyl (C=O) groups excluding carboxylic acids is 1. The van der Waals surface area contributed by atoms with Gasteiger partial charge in [-0.2, -0.15) is 0 Å². The molecule has 1 amide bonds. The van der Waals surface area contributed by atoms with Crippen LogP contribution in [0.25, 0.3) is 0 Å². The number of aryl methyl sites for hydroxylation is 1. The Labute approximate surface area is 131 Å². The SMILES string of the molecule is Cc1cc(NC(=O)c2ccc3c(c2)OCCO3)ccc1Br. The first-order valence-corrected chi connectivity index (χ1v) is 7.40. The molecule has 0 radical (unpaired) electrons. The summed E-state index contributed by atoms with van der Waals surface area (Å²) in [6.07, 6.45) is 0. The first kappa shape index (κ1) is 13.9. The van der Waals surface area contributed by atoms with E-state index >= 15 is 0 Å². The number of hydrogen-bond donors (Lipinski definition) is 1. The summed E-state index contributed by atoms with van der Waals surface area (Å²) < 4.78 is 11.9. The van der Waals surface area contributed by atoms with Gasteiger partial charge in [0.25, 0.3) is 5.91 Å². The highest BCUT2D eigenvalue weighted by Gasteiger charge is 2.15. The summed E-state index contributed by atoms with van der Waals surface area (Å²) >= 11 is 3.44. The standard InChI is InChI=1S/C16H14BrNO3/c1-10-8-12(3-4-13(10)17)18-16(19)11-2-5-14-15(9-11)21-7-6-20-14/h2-5,8-9H,6-7H2,1H3,(H,18,19). The molecule has 1 aliphatic rings. The van der Waals surface area contributed by atoms with E-state index in [1.165, 1.54) is 0 Å². The largest absolute Gasteiger partial charge is 0.486 e. The number of fused-ring (bicyclic) bond motifs is 1. The molecule has 108 valence electrons. The lowest BCUT2D eigenvalue weighted by molar-refractivity contribution is 0.102. The van der Waals surface area contributed by atoms with E-state index in [0.717, 1.165) is 15.7 Å². The van der Waals surface area contributed by atoms with Crippen LogP contribution in [-0.4, -0.2) is 19.1 Å². The molecule has 4 nitrogen and oxygen atoms in total. The van der Waals surface area contributed by atoms with Crippen molar-refractivity contribution in [3.05, 3.63) is 52.0 Å². The first-order valence-electron chi connectivity index (χ1n) is 6.60. The fourth-order valence-electron chi connectivity index (χ4n) is 2.11. The van der Waals surface area contributed by atoms with Gasteiger partial charge >= 0.3 is 0 Å². The molecular weight excluding hydrogens is 334 g/mol. The van der Waals surface area contributed by atoms with Gasteiger partial charge in [-0.05, 0) is 48.9 Å². The molecule has 0 unspecified atom stereocenters. The van der Waals surface area contributed by atoms with Crippen molar-refractivity contribution in [2.75, 3.05) is 18.5 Å². The van der Waals surface area contributed by atoms with Crippen LogP contribution in [-0.2, 0) is 0 Å². The zero-order valence-corrected chi connectivity index (χ0v) is 13.1. The first-order chi connectivity index (χ1) is 10.1. The molecule has 1 N–H and O–H groups in total. The number of hydrogen-bond acceptors (Lipinski definition) is 3. The number of nitrogens with one attached hydrogen (secondary N) is 1. The smallest absolute Gasteiger partial charge is 0.255 e. The van der Waals surface area contributed by atoms with E-state index in [4.69, 9.17) is 9.47 Å². The van der Waals surface area contributed by atoms with Gasteiger partial charge in [0.1, 0.15) is 13.2 Å². The van der Waals surface area contributed by atoms with Crippen LogP contribution >= 0.6 is 15.9 Å². The van der Waals surface area contributed by atoms with Crippen molar-refractivity contribution in [1.29, 1.82) is 0 Å². The van der Waals surface area contributed by atoms with E-state index in [1.54, 1.807) is 18.2 Å². The second kappa shape index (κ2) is 5.77. The molecule has 0 spiro atoms.